The molecule has 0 aromatic heterocycles. The number of rotatable bonds is 31. The van der Waals surface area contributed by atoms with Crippen LogP contribution >= 0.6 is 0 Å². The van der Waals surface area contributed by atoms with Crippen LogP contribution in [0.15, 0.2) is 0 Å². The predicted molar refractivity (Wildman–Crippen MR) is 142 cm³/mol. The van der Waals surface area contributed by atoms with Crippen molar-refractivity contribution >= 4 is 0 Å². The van der Waals surface area contributed by atoms with E-state index in [4.69, 9.17) is 33.2 Å². The Hall–Kier alpha value is -0.280. The van der Waals surface area contributed by atoms with Crippen LogP contribution < -0.4 is 0 Å². The molecule has 0 aromatic rings. The molecule has 0 radical (unpaired) electrons. The van der Waals surface area contributed by atoms with Gasteiger partial charge in [0.05, 0.1) is 85.4 Å². The number of unbranched alkanes of at least 4 members (excludes halogenated alkanes) is 10. The molecule has 0 spiro atoms. The highest BCUT2D eigenvalue weighted by Crippen LogP contribution is 2.11. The lowest BCUT2D eigenvalue weighted by atomic mass is 10.1. The molecule has 0 saturated heterocycles. The minimum Gasteiger partial charge on any atom is -0.379 e. The Kier molecular flexibility index (Phi) is 31.5. The van der Waals surface area contributed by atoms with Crippen molar-refractivity contribution in [3.05, 3.63) is 0 Å². The van der Waals surface area contributed by atoms with Crippen LogP contribution in [0.5, 0.6) is 0 Å². The van der Waals surface area contributed by atoms with Crippen LogP contribution in [0.4, 0.5) is 0 Å². The van der Waals surface area contributed by atoms with Crippen molar-refractivity contribution in [1.29, 1.82) is 0 Å². The van der Waals surface area contributed by atoms with Gasteiger partial charge in [0.2, 0.25) is 0 Å². The van der Waals surface area contributed by atoms with Gasteiger partial charge in [0, 0.05) is 6.61 Å². The van der Waals surface area contributed by atoms with Crippen molar-refractivity contribution < 1.29 is 33.2 Å². The SMILES string of the molecule is CCCCCCCCCCCCCOCCOCCOCCOCCOCCOCCOC(C)C. The van der Waals surface area contributed by atoms with Crippen molar-refractivity contribution in [3.8, 4) is 0 Å². The third-order valence-electron chi connectivity index (χ3n) is 5.43. The smallest absolute Gasteiger partial charge is 0.0703 e. The lowest BCUT2D eigenvalue weighted by molar-refractivity contribution is -0.0238. The van der Waals surface area contributed by atoms with Crippen LogP contribution in [0, 0.1) is 0 Å². The van der Waals surface area contributed by atoms with Crippen molar-refractivity contribution in [2.24, 2.45) is 0 Å². The van der Waals surface area contributed by atoms with Crippen molar-refractivity contribution in [2.75, 3.05) is 85.9 Å². The molecule has 0 fully saturated rings. The van der Waals surface area contributed by atoms with E-state index in [1.807, 2.05) is 13.8 Å². The second-order valence-electron chi connectivity index (χ2n) is 9.13. The third kappa shape index (κ3) is 33.7. The molecule has 0 aliphatic carbocycles. The second-order valence-corrected chi connectivity index (χ2v) is 9.13. The van der Waals surface area contributed by atoms with Gasteiger partial charge in [-0.1, -0.05) is 71.1 Å². The normalized spacial score (nSPS) is 11.7. The summed E-state index contributed by atoms with van der Waals surface area (Å²) in [7, 11) is 0. The Balaban J connectivity index is 3.01. The fraction of sp³-hybridized carbons (Fsp3) is 1.00. The second kappa shape index (κ2) is 31.7. The zero-order valence-corrected chi connectivity index (χ0v) is 23.4. The molecule has 0 unspecified atom stereocenters. The highest BCUT2D eigenvalue weighted by molar-refractivity contribution is 4.48. The highest BCUT2D eigenvalue weighted by atomic mass is 16.6. The number of hydrogen-bond donors (Lipinski definition) is 0. The molecular weight excluding hydrogens is 448 g/mol. The first-order chi connectivity index (χ1) is 17.3. The van der Waals surface area contributed by atoms with Gasteiger partial charge in [0.15, 0.2) is 0 Å². The van der Waals surface area contributed by atoms with Gasteiger partial charge in [-0.05, 0) is 20.3 Å². The average molecular weight is 507 g/mol. The van der Waals surface area contributed by atoms with E-state index in [-0.39, 0.29) is 6.10 Å². The first-order valence-electron chi connectivity index (χ1n) is 14.4. The molecule has 0 aliphatic heterocycles. The minimum atomic E-state index is 0.247. The molecule has 0 saturated carbocycles. The molecular formula is C28H58O7. The molecule has 0 rings (SSSR count). The molecule has 7 nitrogen and oxygen atoms in total. The molecule has 7 heteroatoms. The summed E-state index contributed by atoms with van der Waals surface area (Å²) in [6, 6.07) is 0. The topological polar surface area (TPSA) is 64.6 Å². The van der Waals surface area contributed by atoms with Gasteiger partial charge in [-0.15, -0.1) is 0 Å². The van der Waals surface area contributed by atoms with Crippen LogP contribution in [0.3, 0.4) is 0 Å². The predicted octanol–water partition coefficient (Wildman–Crippen LogP) is 5.82. The third-order valence-corrected chi connectivity index (χ3v) is 5.43. The van der Waals surface area contributed by atoms with E-state index in [2.05, 4.69) is 6.92 Å². The van der Waals surface area contributed by atoms with Crippen molar-refractivity contribution in [2.45, 2.75) is 97.5 Å². The van der Waals surface area contributed by atoms with E-state index < -0.39 is 0 Å². The monoisotopic (exact) mass is 506 g/mol. The Morgan fingerprint density at radius 2 is 0.629 bits per heavy atom. The molecule has 0 bridgehead atoms. The summed E-state index contributed by atoms with van der Waals surface area (Å²) in [6.07, 6.45) is 15.2. The number of hydrogen-bond acceptors (Lipinski definition) is 7. The van der Waals surface area contributed by atoms with Gasteiger partial charge in [0.25, 0.3) is 0 Å². The lowest BCUT2D eigenvalue weighted by Crippen LogP contribution is -2.15. The average Bonchev–Trinajstić information content (AvgIpc) is 2.85. The molecule has 0 aliphatic rings. The van der Waals surface area contributed by atoms with Crippen LogP contribution in [-0.2, 0) is 33.2 Å². The van der Waals surface area contributed by atoms with Gasteiger partial charge < -0.3 is 33.2 Å². The quantitative estimate of drug-likeness (QED) is 0.110. The maximum Gasteiger partial charge on any atom is 0.0703 e. The van der Waals surface area contributed by atoms with Crippen molar-refractivity contribution in [3.63, 3.8) is 0 Å². The summed E-state index contributed by atoms with van der Waals surface area (Å²) >= 11 is 0. The summed E-state index contributed by atoms with van der Waals surface area (Å²) in [6.45, 7) is 14.2. The van der Waals surface area contributed by atoms with Crippen molar-refractivity contribution in [1.82, 2.24) is 0 Å². The van der Waals surface area contributed by atoms with E-state index in [1.165, 1.54) is 64.2 Å². The standard InChI is InChI=1S/C28H58O7/c1-4-5-6-7-8-9-10-11-12-13-14-15-29-16-17-30-18-19-31-20-21-32-22-23-33-24-25-34-26-27-35-28(2)3/h28H,4-27H2,1-3H3. The summed E-state index contributed by atoms with van der Waals surface area (Å²) in [4.78, 5) is 0. The van der Waals surface area contributed by atoms with E-state index in [1.54, 1.807) is 0 Å². The summed E-state index contributed by atoms with van der Waals surface area (Å²) < 4.78 is 38.4. The van der Waals surface area contributed by atoms with E-state index in [0.717, 1.165) is 13.0 Å². The maximum atomic E-state index is 5.64. The zero-order valence-electron chi connectivity index (χ0n) is 23.4. The molecule has 35 heavy (non-hydrogen) atoms. The Bertz CT molecular complexity index is 369. The fourth-order valence-electron chi connectivity index (χ4n) is 3.41. The van der Waals surface area contributed by atoms with Gasteiger partial charge in [-0.25, -0.2) is 0 Å². The summed E-state index contributed by atoms with van der Waals surface area (Å²) in [5.74, 6) is 0. The van der Waals surface area contributed by atoms with Crippen LogP contribution in [-0.4, -0.2) is 92.0 Å². The van der Waals surface area contributed by atoms with E-state index in [9.17, 15) is 0 Å². The number of ether oxygens (including phenoxy) is 7. The van der Waals surface area contributed by atoms with Crippen LogP contribution in [0.25, 0.3) is 0 Å². The fourth-order valence-corrected chi connectivity index (χ4v) is 3.41. The van der Waals surface area contributed by atoms with Gasteiger partial charge >= 0.3 is 0 Å². The zero-order chi connectivity index (χ0) is 25.5. The molecule has 212 valence electrons. The van der Waals surface area contributed by atoms with Crippen LogP contribution in [0.1, 0.15) is 91.4 Å². The summed E-state index contributed by atoms with van der Waals surface area (Å²) in [5.41, 5.74) is 0. The van der Waals surface area contributed by atoms with Gasteiger partial charge in [-0.3, -0.25) is 0 Å². The first-order valence-corrected chi connectivity index (χ1v) is 14.4. The Morgan fingerprint density at radius 3 is 0.971 bits per heavy atom. The Morgan fingerprint density at radius 1 is 0.343 bits per heavy atom. The summed E-state index contributed by atoms with van der Waals surface area (Å²) in [5, 5.41) is 0. The lowest BCUT2D eigenvalue weighted by Gasteiger charge is -2.09. The Labute approximate surface area is 216 Å². The largest absolute Gasteiger partial charge is 0.379 e. The van der Waals surface area contributed by atoms with Gasteiger partial charge in [-0.2, -0.15) is 0 Å². The minimum absolute atomic E-state index is 0.247. The van der Waals surface area contributed by atoms with E-state index in [0.29, 0.717) is 79.3 Å². The highest BCUT2D eigenvalue weighted by Gasteiger charge is 1.96. The first kappa shape index (κ1) is 34.7. The molecule has 0 heterocycles. The molecule has 0 amide bonds. The maximum absolute atomic E-state index is 5.64. The molecule has 0 atom stereocenters. The van der Waals surface area contributed by atoms with E-state index >= 15 is 0 Å². The van der Waals surface area contributed by atoms with Crippen LogP contribution in [0.2, 0.25) is 0 Å². The molecule has 0 aromatic carbocycles. The molecule has 0 N–H and O–H groups in total. The van der Waals surface area contributed by atoms with Gasteiger partial charge in [0.1, 0.15) is 0 Å².